The van der Waals surface area contributed by atoms with Crippen LogP contribution in [0.1, 0.15) is 19.4 Å². The zero-order chi connectivity index (χ0) is 11.1. The molecule has 2 rings (SSSR count). The molecule has 0 atom stereocenters. The predicted octanol–water partition coefficient (Wildman–Crippen LogP) is 1.65. The van der Waals surface area contributed by atoms with Gasteiger partial charge >= 0.3 is 0 Å². The minimum Gasteiger partial charge on any atom is -0.383 e. The first-order valence-electron chi connectivity index (χ1n) is 5.10. The van der Waals surface area contributed by atoms with E-state index in [0.717, 1.165) is 25.3 Å². The third-order valence-electron chi connectivity index (χ3n) is 2.65. The van der Waals surface area contributed by atoms with Crippen molar-refractivity contribution in [1.29, 1.82) is 0 Å². The maximum atomic E-state index is 5.76. The largest absolute Gasteiger partial charge is 0.383 e. The molecule has 5 heteroatoms. The fourth-order valence-electron chi connectivity index (χ4n) is 1.82. The highest BCUT2D eigenvalue weighted by molar-refractivity contribution is 7.10. The van der Waals surface area contributed by atoms with Crippen LogP contribution in [0.15, 0.2) is 0 Å². The quantitative estimate of drug-likeness (QED) is 0.792. The second-order valence-corrected chi connectivity index (χ2v) is 5.28. The van der Waals surface area contributed by atoms with Crippen LogP contribution in [-0.4, -0.2) is 29.7 Å². The van der Waals surface area contributed by atoms with Gasteiger partial charge in [-0.05, 0) is 32.3 Å². The van der Waals surface area contributed by atoms with Gasteiger partial charge in [-0.15, -0.1) is 0 Å². The number of nitrogens with two attached hydrogens (primary N) is 1. The number of rotatable bonds is 1. The molecule has 0 aromatic carbocycles. The predicted molar refractivity (Wildman–Crippen MR) is 63.5 cm³/mol. The van der Waals surface area contributed by atoms with Crippen LogP contribution >= 0.6 is 11.5 Å². The van der Waals surface area contributed by atoms with Gasteiger partial charge in [0.15, 0.2) is 0 Å². The van der Waals surface area contributed by atoms with E-state index in [1.54, 1.807) is 0 Å². The average Bonchev–Trinajstić information content (AvgIpc) is 2.46. The van der Waals surface area contributed by atoms with Gasteiger partial charge in [0.2, 0.25) is 0 Å². The molecule has 0 spiro atoms. The highest BCUT2D eigenvalue weighted by atomic mass is 32.1. The highest BCUT2D eigenvalue weighted by Crippen LogP contribution is 2.32. The molecule has 4 nitrogen and oxygen atoms in total. The Kier molecular flexibility index (Phi) is 2.60. The van der Waals surface area contributed by atoms with Gasteiger partial charge in [-0.3, -0.25) is 0 Å². The summed E-state index contributed by atoms with van der Waals surface area (Å²) in [4.78, 5) is 2.31. The van der Waals surface area contributed by atoms with Gasteiger partial charge in [-0.2, -0.15) is 4.37 Å². The van der Waals surface area contributed by atoms with E-state index < -0.39 is 0 Å². The monoisotopic (exact) mass is 227 g/mol. The summed E-state index contributed by atoms with van der Waals surface area (Å²) in [6.07, 6.45) is 0. The summed E-state index contributed by atoms with van der Waals surface area (Å²) >= 11 is 1.48. The smallest absolute Gasteiger partial charge is 0.142 e. The number of nitrogen functional groups attached to an aromatic ring is 1. The average molecular weight is 227 g/mol. The summed E-state index contributed by atoms with van der Waals surface area (Å²) in [5.41, 5.74) is 6.77. The van der Waals surface area contributed by atoms with Crippen molar-refractivity contribution in [3.05, 3.63) is 5.56 Å². The molecule has 0 unspecified atom stereocenters. The molecule has 1 aliphatic rings. The van der Waals surface area contributed by atoms with Gasteiger partial charge in [0.25, 0.3) is 0 Å². The second-order valence-electron chi connectivity index (χ2n) is 4.53. The molecule has 15 heavy (non-hydrogen) atoms. The van der Waals surface area contributed by atoms with Crippen molar-refractivity contribution >= 4 is 22.4 Å². The summed E-state index contributed by atoms with van der Waals surface area (Å²) in [6.45, 7) is 8.83. The van der Waals surface area contributed by atoms with Crippen molar-refractivity contribution in [1.82, 2.24) is 4.37 Å². The van der Waals surface area contributed by atoms with Crippen molar-refractivity contribution in [2.24, 2.45) is 0 Å². The lowest BCUT2D eigenvalue weighted by Crippen LogP contribution is -2.48. The molecule has 2 heterocycles. The van der Waals surface area contributed by atoms with Crippen molar-refractivity contribution in [2.75, 3.05) is 30.3 Å². The SMILES string of the molecule is Cc1c(N)nsc1N1CCOC(C)(C)C1. The molecule has 0 amide bonds. The Bertz CT molecular complexity index is 362. The van der Waals surface area contributed by atoms with E-state index in [0.29, 0.717) is 5.82 Å². The first-order valence-corrected chi connectivity index (χ1v) is 5.87. The normalized spacial score (nSPS) is 20.6. The number of hydrogen-bond donors (Lipinski definition) is 1. The van der Waals surface area contributed by atoms with E-state index in [2.05, 4.69) is 23.1 Å². The van der Waals surface area contributed by atoms with Crippen molar-refractivity contribution < 1.29 is 4.74 Å². The van der Waals surface area contributed by atoms with E-state index in [-0.39, 0.29) is 5.60 Å². The van der Waals surface area contributed by atoms with Crippen LogP contribution in [0.4, 0.5) is 10.8 Å². The van der Waals surface area contributed by atoms with Crippen LogP contribution < -0.4 is 10.6 Å². The lowest BCUT2D eigenvalue weighted by molar-refractivity contribution is -0.0275. The van der Waals surface area contributed by atoms with E-state index in [9.17, 15) is 0 Å². The fourth-order valence-corrected chi connectivity index (χ4v) is 2.66. The molecule has 0 bridgehead atoms. The van der Waals surface area contributed by atoms with Gasteiger partial charge < -0.3 is 15.4 Å². The van der Waals surface area contributed by atoms with E-state index in [4.69, 9.17) is 10.5 Å². The number of hydrogen-bond acceptors (Lipinski definition) is 5. The Labute approximate surface area is 94.2 Å². The van der Waals surface area contributed by atoms with E-state index in [1.165, 1.54) is 16.5 Å². The van der Waals surface area contributed by atoms with Gasteiger partial charge in [-0.1, -0.05) is 0 Å². The topological polar surface area (TPSA) is 51.4 Å². The number of nitrogens with zero attached hydrogens (tertiary/aromatic N) is 2. The standard InChI is InChI=1S/C10H17N3OS/c1-7-8(11)12-15-9(7)13-4-5-14-10(2,3)6-13/h4-6H2,1-3H3,(H2,11,12). The first kappa shape index (κ1) is 10.7. The number of aromatic nitrogens is 1. The molecule has 2 N–H and O–H groups in total. The van der Waals surface area contributed by atoms with Gasteiger partial charge in [0.1, 0.15) is 10.8 Å². The maximum absolute atomic E-state index is 5.76. The first-order chi connectivity index (χ1) is 6.99. The van der Waals surface area contributed by atoms with Crippen LogP contribution in [0, 0.1) is 6.92 Å². The van der Waals surface area contributed by atoms with Crippen molar-refractivity contribution in [3.8, 4) is 0 Å². The lowest BCUT2D eigenvalue weighted by atomic mass is 10.1. The molecule has 0 saturated carbocycles. The molecule has 1 aromatic rings. The summed E-state index contributed by atoms with van der Waals surface area (Å²) in [6, 6.07) is 0. The molecule has 1 aromatic heterocycles. The van der Waals surface area contributed by atoms with Crippen LogP contribution in [0.3, 0.4) is 0 Å². The zero-order valence-electron chi connectivity index (χ0n) is 9.41. The van der Waals surface area contributed by atoms with Crippen LogP contribution in [0.2, 0.25) is 0 Å². The van der Waals surface area contributed by atoms with E-state index >= 15 is 0 Å². The summed E-state index contributed by atoms with van der Waals surface area (Å²) < 4.78 is 9.85. The Morgan fingerprint density at radius 2 is 2.27 bits per heavy atom. The number of morpholine rings is 1. The number of anilines is 2. The summed E-state index contributed by atoms with van der Waals surface area (Å²) in [5.74, 6) is 0.652. The van der Waals surface area contributed by atoms with Crippen molar-refractivity contribution in [2.45, 2.75) is 26.4 Å². The minimum atomic E-state index is -0.0799. The van der Waals surface area contributed by atoms with Crippen LogP contribution in [-0.2, 0) is 4.74 Å². The third-order valence-corrected chi connectivity index (χ3v) is 3.67. The molecular weight excluding hydrogens is 210 g/mol. The Hall–Kier alpha value is -0.810. The van der Waals surface area contributed by atoms with Gasteiger partial charge in [0, 0.05) is 18.7 Å². The molecule has 1 fully saturated rings. The molecular formula is C10H17N3OS. The molecule has 84 valence electrons. The van der Waals surface area contributed by atoms with Crippen molar-refractivity contribution in [3.63, 3.8) is 0 Å². The minimum absolute atomic E-state index is 0.0799. The third kappa shape index (κ3) is 2.08. The maximum Gasteiger partial charge on any atom is 0.142 e. The van der Waals surface area contributed by atoms with Crippen LogP contribution in [0.25, 0.3) is 0 Å². The number of ether oxygens (including phenoxy) is 1. The van der Waals surface area contributed by atoms with Crippen LogP contribution in [0.5, 0.6) is 0 Å². The molecule has 1 saturated heterocycles. The fraction of sp³-hybridized carbons (Fsp3) is 0.700. The van der Waals surface area contributed by atoms with Gasteiger partial charge in [0.05, 0.1) is 12.2 Å². The molecule has 0 aliphatic carbocycles. The highest BCUT2D eigenvalue weighted by Gasteiger charge is 2.29. The molecule has 0 radical (unpaired) electrons. The lowest BCUT2D eigenvalue weighted by Gasteiger charge is -2.38. The summed E-state index contributed by atoms with van der Waals surface area (Å²) in [7, 11) is 0. The van der Waals surface area contributed by atoms with Gasteiger partial charge in [-0.25, -0.2) is 0 Å². The Morgan fingerprint density at radius 1 is 1.53 bits per heavy atom. The Balaban J connectivity index is 2.21. The second kappa shape index (κ2) is 3.64. The van der Waals surface area contributed by atoms with E-state index in [1.807, 2.05) is 6.92 Å². The summed E-state index contributed by atoms with van der Waals surface area (Å²) in [5, 5.41) is 1.18. The molecule has 1 aliphatic heterocycles. The Morgan fingerprint density at radius 3 is 2.80 bits per heavy atom. The zero-order valence-corrected chi connectivity index (χ0v) is 10.2.